The van der Waals surface area contributed by atoms with Crippen molar-refractivity contribution in [3.63, 3.8) is 0 Å². The summed E-state index contributed by atoms with van der Waals surface area (Å²) in [5.41, 5.74) is 4.46. The normalized spacial score (nSPS) is 12.9. The van der Waals surface area contributed by atoms with E-state index in [0.717, 1.165) is 30.8 Å². The van der Waals surface area contributed by atoms with Crippen LogP contribution in [0.1, 0.15) is 23.0 Å². The Morgan fingerprint density at radius 1 is 1.20 bits per heavy atom. The van der Waals surface area contributed by atoms with Gasteiger partial charge in [0.1, 0.15) is 0 Å². The van der Waals surface area contributed by atoms with Gasteiger partial charge in [-0.05, 0) is 31.0 Å². The summed E-state index contributed by atoms with van der Waals surface area (Å²) in [5, 5.41) is 6.80. The number of carbonyl (C=O) groups is 1. The van der Waals surface area contributed by atoms with Gasteiger partial charge in [0, 0.05) is 36.1 Å². The minimum Gasteiger partial charge on any atom is -0.371 e. The molecule has 0 aliphatic carbocycles. The van der Waals surface area contributed by atoms with E-state index in [-0.39, 0.29) is 11.6 Å². The zero-order chi connectivity index (χ0) is 17.2. The van der Waals surface area contributed by atoms with Gasteiger partial charge >= 0.3 is 0 Å². The molecule has 3 aromatic rings. The predicted octanol–water partition coefficient (Wildman–Crippen LogP) is 3.98. The van der Waals surface area contributed by atoms with Crippen molar-refractivity contribution in [2.75, 3.05) is 23.3 Å². The molecule has 0 spiro atoms. The number of likely N-dealkylation sites (N-methyl/N-ethyl adjacent to an activating group) is 1. The van der Waals surface area contributed by atoms with Crippen LogP contribution >= 0.6 is 0 Å². The first-order valence-corrected chi connectivity index (χ1v) is 8.46. The molecule has 0 atom stereocenters. The SMILES string of the molecule is CCN1CCc2ccc(NC(=O)c3cc(-c4ccccc4)on3)cc21. The Bertz CT molecular complexity index is 902. The zero-order valence-electron chi connectivity index (χ0n) is 14.0. The van der Waals surface area contributed by atoms with Crippen LogP contribution in [0.25, 0.3) is 11.3 Å². The van der Waals surface area contributed by atoms with E-state index in [9.17, 15) is 4.79 Å². The zero-order valence-corrected chi connectivity index (χ0v) is 14.0. The van der Waals surface area contributed by atoms with Crippen molar-refractivity contribution in [2.45, 2.75) is 13.3 Å². The fraction of sp³-hybridized carbons (Fsp3) is 0.200. The largest absolute Gasteiger partial charge is 0.371 e. The Labute approximate surface area is 146 Å². The van der Waals surface area contributed by atoms with Gasteiger partial charge in [-0.15, -0.1) is 0 Å². The number of amides is 1. The molecule has 126 valence electrons. The van der Waals surface area contributed by atoms with Crippen molar-refractivity contribution in [3.05, 3.63) is 65.9 Å². The molecule has 2 heterocycles. The molecule has 1 aromatic heterocycles. The van der Waals surface area contributed by atoms with Gasteiger partial charge in [-0.1, -0.05) is 41.6 Å². The first-order valence-electron chi connectivity index (χ1n) is 8.46. The molecular formula is C20H19N3O2. The van der Waals surface area contributed by atoms with E-state index in [1.807, 2.05) is 42.5 Å². The van der Waals surface area contributed by atoms with Gasteiger partial charge in [-0.25, -0.2) is 0 Å². The highest BCUT2D eigenvalue weighted by atomic mass is 16.5. The van der Waals surface area contributed by atoms with Crippen LogP contribution < -0.4 is 10.2 Å². The van der Waals surface area contributed by atoms with Crippen LogP contribution in [-0.2, 0) is 6.42 Å². The topological polar surface area (TPSA) is 58.4 Å². The maximum absolute atomic E-state index is 12.5. The van der Waals surface area contributed by atoms with Gasteiger partial charge in [0.05, 0.1) is 0 Å². The summed E-state index contributed by atoms with van der Waals surface area (Å²) in [6, 6.07) is 17.3. The number of nitrogens with one attached hydrogen (secondary N) is 1. The lowest BCUT2D eigenvalue weighted by atomic mass is 10.1. The van der Waals surface area contributed by atoms with Crippen molar-refractivity contribution < 1.29 is 9.32 Å². The van der Waals surface area contributed by atoms with Crippen molar-refractivity contribution in [2.24, 2.45) is 0 Å². The van der Waals surface area contributed by atoms with Crippen molar-refractivity contribution in [3.8, 4) is 11.3 Å². The minimum atomic E-state index is -0.271. The van der Waals surface area contributed by atoms with Crippen molar-refractivity contribution >= 4 is 17.3 Å². The predicted molar refractivity (Wildman–Crippen MR) is 97.9 cm³/mol. The van der Waals surface area contributed by atoms with Crippen LogP contribution in [0.3, 0.4) is 0 Å². The Morgan fingerprint density at radius 2 is 2.04 bits per heavy atom. The Balaban J connectivity index is 1.52. The average molecular weight is 333 g/mol. The van der Waals surface area contributed by atoms with Crippen LogP contribution in [0.2, 0.25) is 0 Å². The van der Waals surface area contributed by atoms with Gasteiger partial charge in [0.15, 0.2) is 11.5 Å². The first-order chi connectivity index (χ1) is 12.2. The number of aromatic nitrogens is 1. The number of anilines is 2. The van der Waals surface area contributed by atoms with Crippen molar-refractivity contribution in [1.29, 1.82) is 0 Å². The quantitative estimate of drug-likeness (QED) is 0.785. The average Bonchev–Trinajstić information content (AvgIpc) is 3.29. The monoisotopic (exact) mass is 333 g/mol. The minimum absolute atomic E-state index is 0.270. The first kappa shape index (κ1) is 15.4. The number of nitrogens with zero attached hydrogens (tertiary/aromatic N) is 2. The lowest BCUT2D eigenvalue weighted by Gasteiger charge is -2.17. The summed E-state index contributed by atoms with van der Waals surface area (Å²) in [7, 11) is 0. The van der Waals surface area contributed by atoms with E-state index in [1.54, 1.807) is 6.07 Å². The van der Waals surface area contributed by atoms with Gasteiger partial charge in [0.2, 0.25) is 0 Å². The second-order valence-electron chi connectivity index (χ2n) is 6.07. The van der Waals surface area contributed by atoms with Crippen molar-refractivity contribution in [1.82, 2.24) is 5.16 Å². The van der Waals surface area contributed by atoms with E-state index in [2.05, 4.69) is 28.4 Å². The fourth-order valence-electron chi connectivity index (χ4n) is 3.17. The number of hydrogen-bond donors (Lipinski definition) is 1. The second-order valence-corrected chi connectivity index (χ2v) is 6.07. The molecule has 0 saturated heterocycles. The third-order valence-corrected chi connectivity index (χ3v) is 4.52. The third-order valence-electron chi connectivity index (χ3n) is 4.52. The van der Waals surface area contributed by atoms with Gasteiger partial charge < -0.3 is 14.7 Å². The fourth-order valence-corrected chi connectivity index (χ4v) is 3.17. The Kier molecular flexibility index (Phi) is 3.98. The number of hydrogen-bond acceptors (Lipinski definition) is 4. The molecule has 0 fully saturated rings. The molecule has 2 aromatic carbocycles. The molecule has 1 aliphatic rings. The number of benzene rings is 2. The molecule has 1 aliphatic heterocycles. The molecule has 0 saturated carbocycles. The molecule has 5 heteroatoms. The van der Waals surface area contributed by atoms with E-state index >= 15 is 0 Å². The van der Waals surface area contributed by atoms with E-state index in [0.29, 0.717) is 5.76 Å². The van der Waals surface area contributed by atoms with E-state index in [1.165, 1.54) is 11.3 Å². The lowest BCUT2D eigenvalue weighted by Crippen LogP contribution is -2.19. The number of fused-ring (bicyclic) bond motifs is 1. The molecule has 25 heavy (non-hydrogen) atoms. The standard InChI is InChI=1S/C20H19N3O2/c1-2-23-11-10-14-8-9-16(12-18(14)23)21-20(24)17-13-19(25-22-17)15-6-4-3-5-7-15/h3-9,12-13H,2,10-11H2,1H3,(H,21,24). The highest BCUT2D eigenvalue weighted by Crippen LogP contribution is 2.30. The molecule has 1 N–H and O–H groups in total. The molecular weight excluding hydrogens is 314 g/mol. The Morgan fingerprint density at radius 3 is 2.84 bits per heavy atom. The lowest BCUT2D eigenvalue weighted by molar-refractivity contribution is 0.101. The van der Waals surface area contributed by atoms with Gasteiger partial charge in [-0.2, -0.15) is 0 Å². The van der Waals surface area contributed by atoms with Crippen LogP contribution in [0.4, 0.5) is 11.4 Å². The van der Waals surface area contributed by atoms with Gasteiger partial charge in [0.25, 0.3) is 5.91 Å². The summed E-state index contributed by atoms with van der Waals surface area (Å²) < 4.78 is 5.30. The van der Waals surface area contributed by atoms with E-state index < -0.39 is 0 Å². The molecule has 5 nitrogen and oxygen atoms in total. The maximum Gasteiger partial charge on any atom is 0.277 e. The third kappa shape index (κ3) is 3.01. The molecule has 0 bridgehead atoms. The Hall–Kier alpha value is -3.08. The molecule has 0 unspecified atom stereocenters. The number of carbonyl (C=O) groups excluding carboxylic acids is 1. The highest BCUT2D eigenvalue weighted by Gasteiger charge is 2.19. The summed E-state index contributed by atoms with van der Waals surface area (Å²) in [6.07, 6.45) is 1.06. The summed E-state index contributed by atoms with van der Waals surface area (Å²) in [4.78, 5) is 14.8. The van der Waals surface area contributed by atoms with E-state index in [4.69, 9.17) is 4.52 Å². The highest BCUT2D eigenvalue weighted by molar-refractivity contribution is 6.03. The van der Waals surface area contributed by atoms with Crippen LogP contribution in [0, 0.1) is 0 Å². The summed E-state index contributed by atoms with van der Waals surface area (Å²) in [6.45, 7) is 4.14. The smallest absolute Gasteiger partial charge is 0.277 e. The molecule has 1 amide bonds. The second kappa shape index (κ2) is 6.43. The maximum atomic E-state index is 12.5. The van der Waals surface area contributed by atoms with Crippen LogP contribution in [0.5, 0.6) is 0 Å². The van der Waals surface area contributed by atoms with Crippen LogP contribution in [0.15, 0.2) is 59.1 Å². The summed E-state index contributed by atoms with van der Waals surface area (Å²) in [5.74, 6) is 0.309. The van der Waals surface area contributed by atoms with Gasteiger partial charge in [-0.3, -0.25) is 4.79 Å². The van der Waals surface area contributed by atoms with Crippen LogP contribution in [-0.4, -0.2) is 24.2 Å². The summed E-state index contributed by atoms with van der Waals surface area (Å²) >= 11 is 0. The molecule has 4 rings (SSSR count). The molecule has 0 radical (unpaired) electrons. The number of rotatable bonds is 4.